The molecule has 1 aromatic carbocycles. The molecule has 0 unspecified atom stereocenters. The van der Waals surface area contributed by atoms with Crippen molar-refractivity contribution in [3.05, 3.63) is 34.9 Å². The fraction of sp³-hybridized carbons (Fsp3) is 0.647. The Bertz CT molecular complexity index is 396. The summed E-state index contributed by atoms with van der Waals surface area (Å²) in [5.74, 6) is 0. The molecule has 1 aromatic rings. The van der Waals surface area contributed by atoms with Gasteiger partial charge >= 0.3 is 0 Å². The molecule has 2 aliphatic carbocycles. The Balaban J connectivity index is 1.46. The summed E-state index contributed by atoms with van der Waals surface area (Å²) in [6.07, 6.45) is 11.6. The van der Waals surface area contributed by atoms with E-state index in [0.717, 1.165) is 23.0 Å². The quantitative estimate of drug-likeness (QED) is 0.826. The average molecular weight is 278 g/mol. The van der Waals surface area contributed by atoms with Gasteiger partial charge in [0.25, 0.3) is 0 Å². The molecule has 2 aliphatic rings. The number of halogens is 1. The van der Waals surface area contributed by atoms with Gasteiger partial charge in [0.15, 0.2) is 0 Å². The molecule has 2 saturated carbocycles. The fourth-order valence-electron chi connectivity index (χ4n) is 3.92. The van der Waals surface area contributed by atoms with Crippen molar-refractivity contribution in [1.29, 1.82) is 0 Å². The minimum Gasteiger partial charge on any atom is -0.310 e. The maximum atomic E-state index is 5.91. The van der Waals surface area contributed by atoms with Gasteiger partial charge < -0.3 is 5.32 Å². The molecule has 1 spiro atoms. The molecule has 0 saturated heterocycles. The first-order chi connectivity index (χ1) is 9.26. The summed E-state index contributed by atoms with van der Waals surface area (Å²) >= 11 is 5.91. The number of benzene rings is 1. The molecular weight excluding hydrogens is 254 g/mol. The van der Waals surface area contributed by atoms with E-state index in [1.807, 2.05) is 12.1 Å². The van der Waals surface area contributed by atoms with E-state index in [1.165, 1.54) is 56.9 Å². The van der Waals surface area contributed by atoms with Crippen LogP contribution in [0.15, 0.2) is 24.3 Å². The normalized spacial score (nSPS) is 23.0. The van der Waals surface area contributed by atoms with Crippen LogP contribution >= 0.6 is 11.6 Å². The summed E-state index contributed by atoms with van der Waals surface area (Å²) in [7, 11) is 0. The third-order valence-electron chi connectivity index (χ3n) is 5.22. The molecule has 2 fully saturated rings. The molecule has 2 heteroatoms. The van der Waals surface area contributed by atoms with Crippen LogP contribution in [0.5, 0.6) is 0 Å². The largest absolute Gasteiger partial charge is 0.310 e. The maximum Gasteiger partial charge on any atom is 0.0406 e. The number of hydrogen-bond acceptors (Lipinski definition) is 1. The molecule has 1 nitrogen and oxygen atoms in total. The predicted octanol–water partition coefficient (Wildman–Crippen LogP) is 4.93. The lowest BCUT2D eigenvalue weighted by molar-refractivity contribution is 0.168. The monoisotopic (exact) mass is 277 g/mol. The number of hydrogen-bond donors (Lipinski definition) is 1. The SMILES string of the molecule is Clc1ccc(CNC2CCC3(CCCC3)CC2)cc1. The van der Waals surface area contributed by atoms with Crippen LogP contribution in [0.25, 0.3) is 0 Å². The van der Waals surface area contributed by atoms with Crippen LogP contribution in [-0.2, 0) is 6.54 Å². The van der Waals surface area contributed by atoms with Gasteiger partial charge in [-0.2, -0.15) is 0 Å². The van der Waals surface area contributed by atoms with E-state index in [4.69, 9.17) is 11.6 Å². The summed E-state index contributed by atoms with van der Waals surface area (Å²) < 4.78 is 0. The molecule has 1 N–H and O–H groups in total. The van der Waals surface area contributed by atoms with E-state index in [1.54, 1.807) is 0 Å². The Hall–Kier alpha value is -0.530. The van der Waals surface area contributed by atoms with Crippen molar-refractivity contribution in [2.45, 2.75) is 64.0 Å². The van der Waals surface area contributed by atoms with Gasteiger partial charge in [0.05, 0.1) is 0 Å². The van der Waals surface area contributed by atoms with Gasteiger partial charge in [-0.1, -0.05) is 36.6 Å². The zero-order chi connectivity index (χ0) is 13.1. The molecule has 3 rings (SSSR count). The Morgan fingerprint density at radius 1 is 1.00 bits per heavy atom. The smallest absolute Gasteiger partial charge is 0.0406 e. The van der Waals surface area contributed by atoms with Gasteiger partial charge in [-0.25, -0.2) is 0 Å². The predicted molar refractivity (Wildman–Crippen MR) is 81.4 cm³/mol. The number of rotatable bonds is 3. The van der Waals surface area contributed by atoms with Crippen LogP contribution in [-0.4, -0.2) is 6.04 Å². The van der Waals surface area contributed by atoms with Crippen molar-refractivity contribution < 1.29 is 0 Å². The van der Waals surface area contributed by atoms with Crippen LogP contribution in [0.4, 0.5) is 0 Å². The second-order valence-corrected chi connectivity index (χ2v) is 6.93. The van der Waals surface area contributed by atoms with E-state index in [2.05, 4.69) is 17.4 Å². The lowest BCUT2D eigenvalue weighted by Gasteiger charge is -2.37. The first-order valence-corrected chi connectivity index (χ1v) is 8.11. The summed E-state index contributed by atoms with van der Waals surface area (Å²) in [6.45, 7) is 0.981. The lowest BCUT2D eigenvalue weighted by atomic mass is 9.71. The third kappa shape index (κ3) is 3.32. The standard InChI is InChI=1S/C17H24ClN/c18-15-5-3-14(4-6-15)13-19-16-7-11-17(12-8-16)9-1-2-10-17/h3-6,16,19H,1-2,7-13H2. The molecule has 0 aliphatic heterocycles. The molecule has 104 valence electrons. The van der Waals surface area contributed by atoms with Gasteiger partial charge in [0.1, 0.15) is 0 Å². The van der Waals surface area contributed by atoms with Gasteiger partial charge in [-0.15, -0.1) is 0 Å². The fourth-order valence-corrected chi connectivity index (χ4v) is 4.05. The maximum absolute atomic E-state index is 5.91. The minimum absolute atomic E-state index is 0.724. The van der Waals surface area contributed by atoms with Crippen LogP contribution in [0.2, 0.25) is 5.02 Å². The first-order valence-electron chi connectivity index (χ1n) is 7.74. The Morgan fingerprint density at radius 2 is 1.63 bits per heavy atom. The zero-order valence-corrected chi connectivity index (χ0v) is 12.4. The molecule has 19 heavy (non-hydrogen) atoms. The summed E-state index contributed by atoms with van der Waals surface area (Å²) in [5.41, 5.74) is 2.09. The highest BCUT2D eigenvalue weighted by Crippen LogP contribution is 2.48. The summed E-state index contributed by atoms with van der Waals surface area (Å²) in [4.78, 5) is 0. The van der Waals surface area contributed by atoms with Crippen molar-refractivity contribution in [1.82, 2.24) is 5.32 Å². The molecular formula is C17H24ClN. The molecule has 0 atom stereocenters. The van der Waals surface area contributed by atoms with Crippen LogP contribution in [0.3, 0.4) is 0 Å². The average Bonchev–Trinajstić information content (AvgIpc) is 2.89. The van der Waals surface area contributed by atoms with E-state index >= 15 is 0 Å². The van der Waals surface area contributed by atoms with Crippen molar-refractivity contribution >= 4 is 11.6 Å². The molecule has 0 radical (unpaired) electrons. The van der Waals surface area contributed by atoms with Gasteiger partial charge in [-0.05, 0) is 61.6 Å². The Morgan fingerprint density at radius 3 is 2.26 bits per heavy atom. The first kappa shape index (κ1) is 13.5. The van der Waals surface area contributed by atoms with E-state index in [0.29, 0.717) is 0 Å². The topological polar surface area (TPSA) is 12.0 Å². The third-order valence-corrected chi connectivity index (χ3v) is 5.47. The second-order valence-electron chi connectivity index (χ2n) is 6.49. The van der Waals surface area contributed by atoms with Gasteiger partial charge in [0.2, 0.25) is 0 Å². The zero-order valence-electron chi connectivity index (χ0n) is 11.6. The highest BCUT2D eigenvalue weighted by Gasteiger charge is 2.37. The Kier molecular flexibility index (Phi) is 4.14. The van der Waals surface area contributed by atoms with Crippen LogP contribution in [0, 0.1) is 5.41 Å². The van der Waals surface area contributed by atoms with Gasteiger partial charge in [-0.3, -0.25) is 0 Å². The summed E-state index contributed by atoms with van der Waals surface area (Å²) in [6, 6.07) is 8.93. The molecule has 0 amide bonds. The van der Waals surface area contributed by atoms with E-state index < -0.39 is 0 Å². The van der Waals surface area contributed by atoms with Crippen LogP contribution in [0.1, 0.15) is 56.9 Å². The minimum atomic E-state index is 0.724. The molecule has 0 aromatic heterocycles. The summed E-state index contributed by atoms with van der Waals surface area (Å²) in [5, 5.41) is 4.54. The van der Waals surface area contributed by atoms with Gasteiger partial charge in [0, 0.05) is 17.6 Å². The highest BCUT2D eigenvalue weighted by atomic mass is 35.5. The van der Waals surface area contributed by atoms with Crippen molar-refractivity contribution in [2.75, 3.05) is 0 Å². The Labute approximate surface area is 121 Å². The second kappa shape index (κ2) is 5.85. The molecule has 0 bridgehead atoms. The van der Waals surface area contributed by atoms with Crippen molar-refractivity contribution in [3.63, 3.8) is 0 Å². The highest BCUT2D eigenvalue weighted by molar-refractivity contribution is 6.30. The van der Waals surface area contributed by atoms with E-state index in [9.17, 15) is 0 Å². The van der Waals surface area contributed by atoms with Crippen molar-refractivity contribution in [3.8, 4) is 0 Å². The van der Waals surface area contributed by atoms with Crippen LogP contribution < -0.4 is 5.32 Å². The van der Waals surface area contributed by atoms with E-state index in [-0.39, 0.29) is 0 Å². The van der Waals surface area contributed by atoms with Crippen molar-refractivity contribution in [2.24, 2.45) is 5.41 Å². The molecule has 0 heterocycles. The lowest BCUT2D eigenvalue weighted by Crippen LogP contribution is -2.36. The number of nitrogens with one attached hydrogen (secondary N) is 1.